The van der Waals surface area contributed by atoms with Crippen molar-refractivity contribution in [1.29, 1.82) is 0 Å². The average Bonchev–Trinajstić information content (AvgIpc) is 2.59. The van der Waals surface area contributed by atoms with Crippen molar-refractivity contribution >= 4 is 11.1 Å². The van der Waals surface area contributed by atoms with Gasteiger partial charge in [0.15, 0.2) is 5.58 Å². The van der Waals surface area contributed by atoms with Gasteiger partial charge in [0.25, 0.3) is 0 Å². The Morgan fingerprint density at radius 3 is 3.08 bits per heavy atom. The van der Waals surface area contributed by atoms with Crippen molar-refractivity contribution in [3.63, 3.8) is 0 Å². The SMILES string of the molecule is CCC(C)c1cc2ncccc2o1. The number of nitrogens with zero attached hydrogens (tertiary/aromatic N) is 1. The lowest BCUT2D eigenvalue weighted by Crippen LogP contribution is -1.86. The van der Waals surface area contributed by atoms with E-state index in [-0.39, 0.29) is 0 Å². The summed E-state index contributed by atoms with van der Waals surface area (Å²) in [6.07, 6.45) is 2.89. The highest BCUT2D eigenvalue weighted by molar-refractivity contribution is 5.72. The van der Waals surface area contributed by atoms with Crippen molar-refractivity contribution in [2.24, 2.45) is 0 Å². The highest BCUT2D eigenvalue weighted by Gasteiger charge is 2.09. The fraction of sp³-hybridized carbons (Fsp3) is 0.364. The molecule has 0 aromatic carbocycles. The van der Waals surface area contributed by atoms with Gasteiger partial charge in [0, 0.05) is 18.2 Å². The second-order valence-corrected chi connectivity index (χ2v) is 3.34. The van der Waals surface area contributed by atoms with Crippen molar-refractivity contribution in [3.8, 4) is 0 Å². The van der Waals surface area contributed by atoms with Crippen molar-refractivity contribution < 1.29 is 4.42 Å². The van der Waals surface area contributed by atoms with Gasteiger partial charge in [-0.25, -0.2) is 0 Å². The van der Waals surface area contributed by atoms with Crippen LogP contribution in [-0.2, 0) is 0 Å². The molecule has 0 aliphatic carbocycles. The predicted molar refractivity (Wildman–Crippen MR) is 52.7 cm³/mol. The van der Waals surface area contributed by atoms with E-state index in [9.17, 15) is 0 Å². The monoisotopic (exact) mass is 175 g/mol. The summed E-state index contributed by atoms with van der Waals surface area (Å²) >= 11 is 0. The van der Waals surface area contributed by atoms with Crippen LogP contribution in [-0.4, -0.2) is 4.98 Å². The lowest BCUT2D eigenvalue weighted by molar-refractivity contribution is 0.499. The molecule has 0 aliphatic rings. The lowest BCUT2D eigenvalue weighted by atomic mass is 10.1. The highest BCUT2D eigenvalue weighted by atomic mass is 16.3. The molecule has 1 unspecified atom stereocenters. The number of hydrogen-bond donors (Lipinski definition) is 0. The molecular weight excluding hydrogens is 162 g/mol. The van der Waals surface area contributed by atoms with Crippen LogP contribution in [0.4, 0.5) is 0 Å². The Hall–Kier alpha value is -1.31. The van der Waals surface area contributed by atoms with Gasteiger partial charge in [0.2, 0.25) is 0 Å². The number of furan rings is 1. The first-order valence-corrected chi connectivity index (χ1v) is 4.65. The smallest absolute Gasteiger partial charge is 0.152 e. The summed E-state index contributed by atoms with van der Waals surface area (Å²) in [5.74, 6) is 1.52. The van der Waals surface area contributed by atoms with Crippen LogP contribution in [0.1, 0.15) is 31.9 Å². The van der Waals surface area contributed by atoms with Crippen LogP contribution < -0.4 is 0 Å². The zero-order chi connectivity index (χ0) is 9.26. The molecule has 1 atom stereocenters. The van der Waals surface area contributed by atoms with Crippen LogP contribution in [0.3, 0.4) is 0 Å². The summed E-state index contributed by atoms with van der Waals surface area (Å²) in [5.41, 5.74) is 1.84. The van der Waals surface area contributed by atoms with E-state index in [0.717, 1.165) is 23.3 Å². The van der Waals surface area contributed by atoms with Crippen molar-refractivity contribution in [2.75, 3.05) is 0 Å². The molecule has 0 fully saturated rings. The summed E-state index contributed by atoms with van der Waals surface area (Å²) in [7, 11) is 0. The standard InChI is InChI=1S/C11H13NO/c1-3-8(2)11-7-9-10(13-11)5-4-6-12-9/h4-8H,3H2,1-2H3. The van der Waals surface area contributed by atoms with Gasteiger partial charge in [-0.15, -0.1) is 0 Å². The van der Waals surface area contributed by atoms with Crippen LogP contribution in [0, 0.1) is 0 Å². The minimum Gasteiger partial charge on any atom is -0.459 e. The van der Waals surface area contributed by atoms with Gasteiger partial charge in [-0.1, -0.05) is 13.8 Å². The fourth-order valence-electron chi connectivity index (χ4n) is 1.33. The molecular formula is C11H13NO. The van der Waals surface area contributed by atoms with E-state index in [4.69, 9.17) is 4.42 Å². The molecule has 2 rings (SSSR count). The number of aromatic nitrogens is 1. The molecule has 68 valence electrons. The lowest BCUT2D eigenvalue weighted by Gasteiger charge is -2.01. The Balaban J connectivity index is 2.49. The normalized spacial score (nSPS) is 13.4. The first kappa shape index (κ1) is 8.30. The largest absolute Gasteiger partial charge is 0.459 e. The van der Waals surface area contributed by atoms with Crippen LogP contribution in [0.25, 0.3) is 11.1 Å². The molecule has 0 spiro atoms. The minimum atomic E-state index is 0.481. The summed E-state index contributed by atoms with van der Waals surface area (Å²) in [6.45, 7) is 4.32. The third kappa shape index (κ3) is 1.44. The Morgan fingerprint density at radius 2 is 2.38 bits per heavy atom. The van der Waals surface area contributed by atoms with Gasteiger partial charge < -0.3 is 4.42 Å². The maximum atomic E-state index is 5.66. The molecule has 2 aromatic heterocycles. The molecule has 0 N–H and O–H groups in total. The van der Waals surface area contributed by atoms with E-state index in [1.54, 1.807) is 6.20 Å². The van der Waals surface area contributed by atoms with Crippen LogP contribution >= 0.6 is 0 Å². The maximum Gasteiger partial charge on any atom is 0.152 e. The Morgan fingerprint density at radius 1 is 1.54 bits per heavy atom. The van der Waals surface area contributed by atoms with Crippen LogP contribution in [0.2, 0.25) is 0 Å². The quantitative estimate of drug-likeness (QED) is 0.699. The van der Waals surface area contributed by atoms with Gasteiger partial charge in [-0.05, 0) is 18.6 Å². The molecule has 2 aromatic rings. The third-order valence-corrected chi connectivity index (χ3v) is 2.40. The summed E-state index contributed by atoms with van der Waals surface area (Å²) in [6, 6.07) is 5.88. The molecule has 13 heavy (non-hydrogen) atoms. The molecule has 2 heterocycles. The Labute approximate surface area is 77.6 Å². The molecule has 0 bridgehead atoms. The van der Waals surface area contributed by atoms with Crippen LogP contribution in [0.15, 0.2) is 28.8 Å². The van der Waals surface area contributed by atoms with Crippen molar-refractivity contribution in [3.05, 3.63) is 30.2 Å². The maximum absolute atomic E-state index is 5.66. The summed E-state index contributed by atoms with van der Waals surface area (Å²) < 4.78 is 5.66. The third-order valence-electron chi connectivity index (χ3n) is 2.40. The first-order chi connectivity index (χ1) is 6.31. The number of fused-ring (bicyclic) bond motifs is 1. The topological polar surface area (TPSA) is 26.0 Å². The van der Waals surface area contributed by atoms with E-state index in [1.165, 1.54) is 0 Å². The zero-order valence-electron chi connectivity index (χ0n) is 7.95. The minimum absolute atomic E-state index is 0.481. The van der Waals surface area contributed by atoms with Gasteiger partial charge in [-0.3, -0.25) is 4.98 Å². The molecule has 2 heteroatoms. The molecule has 0 aliphatic heterocycles. The van der Waals surface area contributed by atoms with Gasteiger partial charge in [0.05, 0.1) is 0 Å². The Kier molecular flexibility index (Phi) is 2.05. The highest BCUT2D eigenvalue weighted by Crippen LogP contribution is 2.24. The second kappa shape index (κ2) is 3.21. The fourth-order valence-corrected chi connectivity index (χ4v) is 1.33. The molecule has 0 saturated heterocycles. The Bertz CT molecular complexity index is 372. The number of hydrogen-bond acceptors (Lipinski definition) is 2. The van der Waals surface area contributed by atoms with Crippen molar-refractivity contribution in [2.45, 2.75) is 26.2 Å². The van der Waals surface area contributed by atoms with E-state index in [0.29, 0.717) is 5.92 Å². The zero-order valence-corrected chi connectivity index (χ0v) is 7.95. The van der Waals surface area contributed by atoms with Gasteiger partial charge in [0.1, 0.15) is 11.3 Å². The first-order valence-electron chi connectivity index (χ1n) is 4.65. The predicted octanol–water partition coefficient (Wildman–Crippen LogP) is 3.34. The number of rotatable bonds is 2. The average molecular weight is 175 g/mol. The molecule has 2 nitrogen and oxygen atoms in total. The number of pyridine rings is 1. The second-order valence-electron chi connectivity index (χ2n) is 3.34. The molecule has 0 saturated carbocycles. The van der Waals surface area contributed by atoms with Gasteiger partial charge in [-0.2, -0.15) is 0 Å². The molecule has 0 amide bonds. The van der Waals surface area contributed by atoms with E-state index < -0.39 is 0 Å². The van der Waals surface area contributed by atoms with Crippen molar-refractivity contribution in [1.82, 2.24) is 4.98 Å². The summed E-state index contributed by atoms with van der Waals surface area (Å²) in [5, 5.41) is 0. The van der Waals surface area contributed by atoms with E-state index in [2.05, 4.69) is 18.8 Å². The van der Waals surface area contributed by atoms with Crippen LogP contribution in [0.5, 0.6) is 0 Å². The van der Waals surface area contributed by atoms with E-state index >= 15 is 0 Å². The van der Waals surface area contributed by atoms with Gasteiger partial charge >= 0.3 is 0 Å². The molecule has 0 radical (unpaired) electrons. The summed E-state index contributed by atoms with van der Waals surface area (Å²) in [4.78, 5) is 4.22. The van der Waals surface area contributed by atoms with E-state index in [1.807, 2.05) is 18.2 Å².